The number of rotatable bonds is 6. The Bertz CT molecular complexity index is 837. The third-order valence-electron chi connectivity index (χ3n) is 4.09. The predicted molar refractivity (Wildman–Crippen MR) is 123 cm³/mol. The van der Waals surface area contributed by atoms with E-state index in [1.54, 1.807) is 0 Å². The molecule has 0 saturated heterocycles. The van der Waals surface area contributed by atoms with Crippen molar-refractivity contribution in [3.8, 4) is 17.2 Å². The van der Waals surface area contributed by atoms with Gasteiger partial charge in [-0.15, -0.1) is 0 Å². The SMILES string of the molecule is Cc1ccccc1[O][Ti]([I])([I])([O]c1ccccc1C)[O]c1ccccc1C. The maximum absolute atomic E-state index is 6.56. The molecule has 0 aliphatic carbocycles. The molecular formula is C21H21I2O3Ti. The van der Waals surface area contributed by atoms with E-state index in [9.17, 15) is 0 Å². The van der Waals surface area contributed by atoms with Crippen LogP contribution in [0.25, 0.3) is 0 Å². The van der Waals surface area contributed by atoms with E-state index in [0.717, 1.165) is 33.9 Å². The molecule has 0 spiro atoms. The molecule has 0 atom stereocenters. The molecule has 0 amide bonds. The second kappa shape index (κ2) is 8.31. The van der Waals surface area contributed by atoms with E-state index in [2.05, 4.69) is 38.4 Å². The predicted octanol–water partition coefficient (Wildman–Crippen LogP) is 7.28. The van der Waals surface area contributed by atoms with E-state index >= 15 is 0 Å². The standard InChI is InChI=1S/3C7H8O.2HI.Ti/c3*1-6-4-2-3-5-7(6)8;;;/h3*2-5,8H,1H3;2*1H;/q;;;;;+5/p-5. The van der Waals surface area contributed by atoms with Gasteiger partial charge in [0.2, 0.25) is 0 Å². The van der Waals surface area contributed by atoms with Crippen molar-refractivity contribution >= 4 is 38.4 Å². The minimum atomic E-state index is -4.45. The summed E-state index contributed by atoms with van der Waals surface area (Å²) in [6.45, 7) is 6.07. The number of para-hydroxylation sites is 3. The van der Waals surface area contributed by atoms with E-state index in [4.69, 9.17) is 9.96 Å². The Morgan fingerprint density at radius 1 is 0.519 bits per heavy atom. The van der Waals surface area contributed by atoms with Crippen molar-refractivity contribution in [2.75, 3.05) is 0 Å². The second-order valence-electron chi connectivity index (χ2n) is 6.39. The van der Waals surface area contributed by atoms with Crippen LogP contribution in [0, 0.1) is 20.8 Å². The van der Waals surface area contributed by atoms with Crippen LogP contribution in [-0.2, 0) is 8.97 Å². The maximum atomic E-state index is 6.56. The molecular weight excluding hydrogens is 602 g/mol. The molecule has 3 nitrogen and oxygen atoms in total. The van der Waals surface area contributed by atoms with Gasteiger partial charge in [0.25, 0.3) is 0 Å². The summed E-state index contributed by atoms with van der Waals surface area (Å²) in [5, 5.41) is 0. The molecule has 0 radical (unpaired) electrons. The van der Waals surface area contributed by atoms with Gasteiger partial charge in [0.1, 0.15) is 0 Å². The molecule has 0 heterocycles. The Morgan fingerprint density at radius 3 is 1.04 bits per heavy atom. The summed E-state index contributed by atoms with van der Waals surface area (Å²) in [5.41, 5.74) is 3.13. The zero-order valence-corrected chi connectivity index (χ0v) is 21.3. The first kappa shape index (κ1) is 21.0. The van der Waals surface area contributed by atoms with E-state index in [1.807, 2.05) is 93.6 Å². The van der Waals surface area contributed by atoms with E-state index in [1.165, 1.54) is 0 Å². The molecule has 27 heavy (non-hydrogen) atoms. The minimum absolute atomic E-state index is 0.778. The monoisotopic (exact) mass is 623 g/mol. The van der Waals surface area contributed by atoms with E-state index < -0.39 is 8.97 Å². The molecule has 0 bridgehead atoms. The fourth-order valence-corrected chi connectivity index (χ4v) is 11.4. The first-order valence-electron chi connectivity index (χ1n) is 8.58. The van der Waals surface area contributed by atoms with Crippen molar-refractivity contribution in [3.05, 3.63) is 89.5 Å². The van der Waals surface area contributed by atoms with Gasteiger partial charge in [-0.05, 0) is 0 Å². The third-order valence-corrected chi connectivity index (χ3v) is 12.1. The van der Waals surface area contributed by atoms with Crippen LogP contribution in [0.4, 0.5) is 0 Å². The van der Waals surface area contributed by atoms with Crippen molar-refractivity contribution in [2.24, 2.45) is 0 Å². The molecule has 0 aliphatic heterocycles. The van der Waals surface area contributed by atoms with Crippen LogP contribution in [-0.4, -0.2) is 0 Å². The van der Waals surface area contributed by atoms with Crippen LogP contribution in [0.1, 0.15) is 16.7 Å². The molecule has 0 N–H and O–H groups in total. The average Bonchev–Trinajstić information content (AvgIpc) is 2.61. The molecule has 0 saturated carbocycles. The van der Waals surface area contributed by atoms with Crippen molar-refractivity contribution in [2.45, 2.75) is 20.8 Å². The fourth-order valence-electron chi connectivity index (χ4n) is 2.59. The Labute approximate surface area is 183 Å². The molecule has 141 valence electrons. The molecule has 3 rings (SSSR count). The zero-order valence-electron chi connectivity index (χ0n) is 15.4. The number of benzene rings is 3. The summed E-state index contributed by atoms with van der Waals surface area (Å²) in [7, 11) is -4.45. The van der Waals surface area contributed by atoms with Crippen LogP contribution < -0.4 is 9.96 Å². The second-order valence-corrected chi connectivity index (χ2v) is 33.6. The summed E-state index contributed by atoms with van der Waals surface area (Å²) in [6.07, 6.45) is 0. The van der Waals surface area contributed by atoms with Gasteiger partial charge >= 0.3 is 185 Å². The van der Waals surface area contributed by atoms with E-state index in [0.29, 0.717) is 0 Å². The van der Waals surface area contributed by atoms with Crippen molar-refractivity contribution in [1.29, 1.82) is 0 Å². The van der Waals surface area contributed by atoms with Gasteiger partial charge in [-0.1, -0.05) is 0 Å². The Hall–Kier alpha value is -0.766. The molecule has 0 fully saturated rings. The Balaban J connectivity index is 2.05. The Morgan fingerprint density at radius 2 is 0.778 bits per heavy atom. The molecule has 0 unspecified atom stereocenters. The van der Waals surface area contributed by atoms with Gasteiger partial charge in [-0.25, -0.2) is 0 Å². The topological polar surface area (TPSA) is 27.7 Å². The number of aryl methyl sites for hydroxylation is 3. The van der Waals surface area contributed by atoms with Gasteiger partial charge in [0.15, 0.2) is 0 Å². The summed E-state index contributed by atoms with van der Waals surface area (Å²) >= 11 is 4.56. The Kier molecular flexibility index (Phi) is 6.45. The normalized spacial score (nSPS) is 12.7. The van der Waals surface area contributed by atoms with Crippen molar-refractivity contribution < 1.29 is 18.9 Å². The van der Waals surface area contributed by atoms with Gasteiger partial charge in [-0.3, -0.25) is 0 Å². The van der Waals surface area contributed by atoms with Gasteiger partial charge in [-0.2, -0.15) is 0 Å². The first-order valence-corrected chi connectivity index (χ1v) is 20.6. The molecule has 6 heteroatoms. The molecule has 0 aromatic heterocycles. The van der Waals surface area contributed by atoms with Crippen molar-refractivity contribution in [3.63, 3.8) is 0 Å². The number of hydrogen-bond acceptors (Lipinski definition) is 3. The average molecular weight is 623 g/mol. The van der Waals surface area contributed by atoms with Gasteiger partial charge in [0.05, 0.1) is 0 Å². The summed E-state index contributed by atoms with van der Waals surface area (Å²) in [5.74, 6) is 2.33. The van der Waals surface area contributed by atoms with E-state index in [-0.39, 0.29) is 0 Å². The summed E-state index contributed by atoms with van der Waals surface area (Å²) < 4.78 is 19.7. The number of halogens is 2. The third kappa shape index (κ3) is 5.40. The molecule has 0 aliphatic rings. The van der Waals surface area contributed by atoms with Crippen LogP contribution in [0.15, 0.2) is 72.8 Å². The van der Waals surface area contributed by atoms with Gasteiger partial charge in [0, 0.05) is 0 Å². The first-order chi connectivity index (χ1) is 12.7. The summed E-state index contributed by atoms with van der Waals surface area (Å²) in [4.78, 5) is 0. The molecule has 3 aromatic carbocycles. The van der Waals surface area contributed by atoms with Gasteiger partial charge < -0.3 is 0 Å². The van der Waals surface area contributed by atoms with Crippen molar-refractivity contribution in [1.82, 2.24) is 0 Å². The van der Waals surface area contributed by atoms with Crippen LogP contribution in [0.3, 0.4) is 0 Å². The number of hydrogen-bond donors (Lipinski definition) is 0. The quantitative estimate of drug-likeness (QED) is 0.214. The summed E-state index contributed by atoms with van der Waals surface area (Å²) in [6, 6.07) is 23.8. The molecule has 3 aromatic rings. The van der Waals surface area contributed by atoms with Crippen LogP contribution in [0.5, 0.6) is 17.2 Å². The van der Waals surface area contributed by atoms with Crippen LogP contribution in [0.2, 0.25) is 0 Å². The van der Waals surface area contributed by atoms with Crippen LogP contribution >= 0.6 is 38.4 Å². The fraction of sp³-hybridized carbons (Fsp3) is 0.143. The zero-order chi connectivity index (χ0) is 19.5.